The molecule has 37 heavy (non-hydrogen) atoms. The van der Waals surface area contributed by atoms with Gasteiger partial charge in [0.2, 0.25) is 0 Å². The zero-order valence-electron chi connectivity index (χ0n) is 25.2. The summed E-state index contributed by atoms with van der Waals surface area (Å²) in [6.07, 6.45) is 38.8. The third kappa shape index (κ3) is 9.21. The van der Waals surface area contributed by atoms with E-state index in [9.17, 15) is 0 Å². The van der Waals surface area contributed by atoms with Crippen molar-refractivity contribution in [2.45, 2.75) is 198 Å². The average molecular weight is 516 g/mol. The van der Waals surface area contributed by atoms with Gasteiger partial charge in [0.1, 0.15) is 0 Å². The molecule has 3 aliphatic heterocycles. The van der Waals surface area contributed by atoms with Crippen molar-refractivity contribution in [3.8, 4) is 0 Å². The van der Waals surface area contributed by atoms with Gasteiger partial charge in [-0.3, -0.25) is 14.7 Å². The van der Waals surface area contributed by atoms with E-state index in [1.54, 1.807) is 0 Å². The number of nitrogens with zero attached hydrogens (tertiary/aromatic N) is 3. The van der Waals surface area contributed by atoms with Crippen LogP contribution >= 0.6 is 0 Å². The Balaban J connectivity index is 1.41. The molecule has 4 fully saturated rings. The third-order valence-corrected chi connectivity index (χ3v) is 10.6. The summed E-state index contributed by atoms with van der Waals surface area (Å²) in [6, 6.07) is 2.48. The topological polar surface area (TPSA) is 9.72 Å². The Bertz CT molecular complexity index is 579. The molecule has 0 bridgehead atoms. The fourth-order valence-corrected chi connectivity index (χ4v) is 8.52. The fraction of sp³-hybridized carbons (Fsp3) is 1.00. The van der Waals surface area contributed by atoms with Crippen LogP contribution in [0.4, 0.5) is 0 Å². The summed E-state index contributed by atoms with van der Waals surface area (Å²) in [5.74, 6) is 0. The molecule has 1 aliphatic carbocycles. The lowest BCUT2D eigenvalue weighted by atomic mass is 9.92. The van der Waals surface area contributed by atoms with Crippen LogP contribution in [0, 0.1) is 0 Å². The van der Waals surface area contributed by atoms with Crippen molar-refractivity contribution in [2.75, 3.05) is 19.8 Å². The van der Waals surface area contributed by atoms with E-state index in [4.69, 9.17) is 0 Å². The number of rotatable bonds is 9. The molecule has 0 N–H and O–H groups in total. The molecule has 0 amide bonds. The van der Waals surface area contributed by atoms with Crippen molar-refractivity contribution in [3.05, 3.63) is 0 Å². The molecule has 3 saturated heterocycles. The number of hydrogen-bond acceptors (Lipinski definition) is 3. The van der Waals surface area contributed by atoms with E-state index in [1.807, 2.05) is 0 Å². The summed E-state index contributed by atoms with van der Waals surface area (Å²) in [7, 11) is 0. The molecule has 0 aromatic carbocycles. The van der Waals surface area contributed by atoms with Crippen LogP contribution in [-0.4, -0.2) is 58.7 Å². The van der Waals surface area contributed by atoms with Crippen LogP contribution in [-0.2, 0) is 0 Å². The van der Waals surface area contributed by atoms with Crippen LogP contribution in [0.15, 0.2) is 0 Å². The van der Waals surface area contributed by atoms with Gasteiger partial charge < -0.3 is 0 Å². The van der Waals surface area contributed by atoms with E-state index in [-0.39, 0.29) is 0 Å². The molecule has 3 heteroatoms. The van der Waals surface area contributed by atoms with Gasteiger partial charge in [0.15, 0.2) is 0 Å². The SMILES string of the molecule is CCCCCCCCCCN1CN2C3C1CCCCCCCCCCC3N1CCCCCCCCCC12. The predicted octanol–water partition coefficient (Wildman–Crippen LogP) is 9.50. The molecule has 4 atom stereocenters. The number of hydrogen-bond donors (Lipinski definition) is 0. The maximum absolute atomic E-state index is 3.09. The van der Waals surface area contributed by atoms with Crippen LogP contribution in [0.2, 0.25) is 0 Å². The van der Waals surface area contributed by atoms with Gasteiger partial charge in [0, 0.05) is 18.1 Å². The highest BCUT2D eigenvalue weighted by molar-refractivity contribution is 5.07. The predicted molar refractivity (Wildman–Crippen MR) is 161 cm³/mol. The normalized spacial score (nSPS) is 32.0. The molecule has 4 aliphatic rings. The van der Waals surface area contributed by atoms with Crippen LogP contribution < -0.4 is 0 Å². The van der Waals surface area contributed by atoms with Gasteiger partial charge in [-0.1, -0.05) is 142 Å². The van der Waals surface area contributed by atoms with Gasteiger partial charge in [-0.25, -0.2) is 0 Å². The van der Waals surface area contributed by atoms with Crippen molar-refractivity contribution in [1.82, 2.24) is 14.7 Å². The molecule has 3 nitrogen and oxygen atoms in total. The van der Waals surface area contributed by atoms with Gasteiger partial charge in [-0.15, -0.1) is 0 Å². The largest absolute Gasteiger partial charge is 0.286 e. The lowest BCUT2D eigenvalue weighted by molar-refractivity contribution is 0.0778. The minimum atomic E-state index is 0.743. The van der Waals surface area contributed by atoms with E-state index in [2.05, 4.69) is 21.6 Å². The van der Waals surface area contributed by atoms with E-state index in [1.165, 1.54) is 187 Å². The maximum Gasteiger partial charge on any atom is 0.0640 e. The summed E-state index contributed by atoms with van der Waals surface area (Å²) in [4.78, 5) is 9.19. The molecule has 4 unspecified atom stereocenters. The Kier molecular flexibility index (Phi) is 14.2. The maximum atomic E-state index is 3.09. The van der Waals surface area contributed by atoms with Crippen molar-refractivity contribution in [2.24, 2.45) is 0 Å². The van der Waals surface area contributed by atoms with Crippen LogP contribution in [0.5, 0.6) is 0 Å². The molecule has 1 saturated carbocycles. The van der Waals surface area contributed by atoms with Crippen LogP contribution in [0.25, 0.3) is 0 Å². The van der Waals surface area contributed by atoms with Gasteiger partial charge in [-0.2, -0.15) is 0 Å². The molecular weight excluding hydrogens is 450 g/mol. The molecule has 3 heterocycles. The van der Waals surface area contributed by atoms with Crippen LogP contribution in [0.3, 0.4) is 0 Å². The van der Waals surface area contributed by atoms with E-state index in [0.29, 0.717) is 0 Å². The fourth-order valence-electron chi connectivity index (χ4n) is 8.52. The first-order valence-corrected chi connectivity index (χ1v) is 17.7. The summed E-state index contributed by atoms with van der Waals surface area (Å²) in [6.45, 7) is 6.36. The van der Waals surface area contributed by atoms with Crippen molar-refractivity contribution >= 4 is 0 Å². The van der Waals surface area contributed by atoms with Gasteiger partial charge in [-0.05, 0) is 45.2 Å². The second-order valence-corrected chi connectivity index (χ2v) is 13.5. The zero-order chi connectivity index (χ0) is 25.5. The minimum absolute atomic E-state index is 0.743. The average Bonchev–Trinajstić information content (AvgIpc) is 3.37. The smallest absolute Gasteiger partial charge is 0.0640 e. The lowest BCUT2D eigenvalue weighted by Crippen LogP contribution is -2.47. The Morgan fingerprint density at radius 1 is 0.486 bits per heavy atom. The van der Waals surface area contributed by atoms with Gasteiger partial charge >= 0.3 is 0 Å². The second kappa shape index (κ2) is 17.5. The Labute approximate surface area is 232 Å². The zero-order valence-corrected chi connectivity index (χ0v) is 25.2. The summed E-state index contributed by atoms with van der Waals surface area (Å²) in [5.41, 5.74) is 0. The molecular formula is C34H65N3. The molecule has 0 aromatic heterocycles. The summed E-state index contributed by atoms with van der Waals surface area (Å²) >= 11 is 0. The molecule has 0 aromatic rings. The molecule has 0 radical (unpaired) electrons. The lowest BCUT2D eigenvalue weighted by Gasteiger charge is -2.36. The first-order valence-electron chi connectivity index (χ1n) is 17.7. The van der Waals surface area contributed by atoms with Crippen LogP contribution in [0.1, 0.15) is 174 Å². The first kappa shape index (κ1) is 29.9. The van der Waals surface area contributed by atoms with Gasteiger partial charge in [0.25, 0.3) is 0 Å². The third-order valence-electron chi connectivity index (χ3n) is 10.6. The van der Waals surface area contributed by atoms with Crippen molar-refractivity contribution in [3.63, 3.8) is 0 Å². The van der Waals surface area contributed by atoms with E-state index in [0.717, 1.165) is 24.3 Å². The Morgan fingerprint density at radius 2 is 1.00 bits per heavy atom. The highest BCUT2D eigenvalue weighted by Crippen LogP contribution is 2.42. The van der Waals surface area contributed by atoms with E-state index >= 15 is 0 Å². The molecule has 216 valence electrons. The Hall–Kier alpha value is -0.120. The molecule has 4 rings (SSSR count). The highest BCUT2D eigenvalue weighted by Gasteiger charge is 2.54. The van der Waals surface area contributed by atoms with Crippen molar-refractivity contribution in [1.29, 1.82) is 0 Å². The summed E-state index contributed by atoms with van der Waals surface area (Å²) < 4.78 is 0. The Morgan fingerprint density at radius 3 is 1.65 bits per heavy atom. The number of fused-ring (bicyclic) bond motifs is 3. The highest BCUT2D eigenvalue weighted by atomic mass is 15.5. The van der Waals surface area contributed by atoms with E-state index < -0.39 is 0 Å². The standard InChI is InChI=1S/C34H65N3/c1-2-3-4-5-6-13-18-23-28-35-30-37-33-27-22-17-12-9-14-19-24-29-36(33)32-26-21-16-11-8-7-10-15-20-25-31(35)34(32)37/h31-34H,2-30H2,1H3. The monoisotopic (exact) mass is 516 g/mol. The molecule has 0 spiro atoms. The first-order chi connectivity index (χ1) is 18.4. The minimum Gasteiger partial charge on any atom is -0.286 e. The van der Waals surface area contributed by atoms with Gasteiger partial charge in [0.05, 0.1) is 12.8 Å². The second-order valence-electron chi connectivity index (χ2n) is 13.5. The summed E-state index contributed by atoms with van der Waals surface area (Å²) in [5, 5.41) is 0. The quantitative estimate of drug-likeness (QED) is 0.283. The number of unbranched alkanes of at least 4 members (excludes halogenated alkanes) is 7. The van der Waals surface area contributed by atoms with Crippen molar-refractivity contribution < 1.29 is 0 Å².